The second-order valence-electron chi connectivity index (χ2n) is 5.01. The van der Waals surface area contributed by atoms with E-state index in [1.54, 1.807) is 0 Å². The van der Waals surface area contributed by atoms with Gasteiger partial charge < -0.3 is 26.6 Å². The normalized spacial score (nSPS) is 11.4. The number of anilines is 3. The third-order valence-electron chi connectivity index (χ3n) is 3.19. The summed E-state index contributed by atoms with van der Waals surface area (Å²) in [6.45, 7) is -0.303. The zero-order chi connectivity index (χ0) is 20.8. The zero-order valence-corrected chi connectivity index (χ0v) is 16.0. The molecule has 0 aliphatic rings. The smallest absolute Gasteiger partial charge is 0.357 e. The van der Waals surface area contributed by atoms with Gasteiger partial charge in [0.05, 0.1) is 24.0 Å². The van der Waals surface area contributed by atoms with Crippen LogP contribution in [0.15, 0.2) is 28.7 Å². The Morgan fingerprint density at radius 3 is 2.71 bits per heavy atom. The van der Waals surface area contributed by atoms with Crippen LogP contribution in [-0.2, 0) is 16.1 Å². The van der Waals surface area contributed by atoms with Gasteiger partial charge in [-0.15, -0.1) is 11.3 Å². The monoisotopic (exact) mass is 428 g/mol. The number of carboxylic acid groups (broad SMARTS) is 1. The van der Waals surface area contributed by atoms with Gasteiger partial charge in [-0.05, 0) is 12.1 Å². The van der Waals surface area contributed by atoms with Gasteiger partial charge in [0, 0.05) is 6.07 Å². The highest BCUT2D eigenvalue weighted by molar-refractivity contribution is 7.81. The molecule has 7 N–H and O–H groups in total. The van der Waals surface area contributed by atoms with Crippen molar-refractivity contribution in [3.63, 3.8) is 0 Å². The minimum Gasteiger partial charge on any atom is -0.494 e. The summed E-state index contributed by atoms with van der Waals surface area (Å²) in [7, 11) is 1.33. The molecule has 2 aromatic rings. The van der Waals surface area contributed by atoms with E-state index in [9.17, 15) is 23.5 Å². The molecule has 1 unspecified atom stereocenters. The molecule has 14 heteroatoms. The molecule has 0 spiro atoms. The Kier molecular flexibility index (Phi) is 6.86. The summed E-state index contributed by atoms with van der Waals surface area (Å²) in [5.74, 6) is -1.94. The molecular weight excluding hydrogens is 412 g/mol. The molecule has 28 heavy (non-hydrogen) atoms. The van der Waals surface area contributed by atoms with Gasteiger partial charge >= 0.3 is 5.97 Å². The number of rotatable bonds is 8. The topological polar surface area (TPSA) is 193 Å². The van der Waals surface area contributed by atoms with Crippen LogP contribution in [0.3, 0.4) is 0 Å². The number of amides is 1. The Morgan fingerprint density at radius 2 is 2.14 bits per heavy atom. The Morgan fingerprint density at radius 1 is 1.43 bits per heavy atom. The lowest BCUT2D eigenvalue weighted by Gasteiger charge is -2.20. The van der Waals surface area contributed by atoms with Crippen molar-refractivity contribution in [3.05, 3.63) is 29.4 Å². The SMILES string of the molecule is COc1cc(N(c2scnc2C(=O)O)S(=O)O)ccc1NC(=O)CN=C(N)N. The fourth-order valence-corrected chi connectivity index (χ4v) is 3.62. The maximum Gasteiger partial charge on any atom is 0.357 e. The average molecular weight is 428 g/mol. The molecule has 0 aliphatic carbocycles. The number of aromatic carboxylic acids is 1. The molecule has 2 rings (SSSR count). The minimum atomic E-state index is -2.59. The largest absolute Gasteiger partial charge is 0.494 e. The number of carbonyl (C=O) groups excluding carboxylic acids is 1. The molecule has 1 amide bonds. The second-order valence-corrected chi connectivity index (χ2v) is 6.67. The van der Waals surface area contributed by atoms with Gasteiger partial charge in [-0.3, -0.25) is 9.35 Å². The number of aromatic nitrogens is 1. The molecule has 1 aromatic heterocycles. The van der Waals surface area contributed by atoms with Crippen LogP contribution < -0.4 is 25.8 Å². The predicted octanol–water partition coefficient (Wildman–Crippen LogP) is 0.337. The van der Waals surface area contributed by atoms with Crippen molar-refractivity contribution in [3.8, 4) is 5.75 Å². The van der Waals surface area contributed by atoms with Crippen molar-refractivity contribution in [2.24, 2.45) is 16.5 Å². The predicted molar refractivity (Wildman–Crippen MR) is 104 cm³/mol. The summed E-state index contributed by atoms with van der Waals surface area (Å²) in [4.78, 5) is 30.4. The van der Waals surface area contributed by atoms with E-state index in [0.717, 1.165) is 15.6 Å². The van der Waals surface area contributed by atoms with Gasteiger partial charge in [0.2, 0.25) is 5.91 Å². The van der Waals surface area contributed by atoms with Crippen molar-refractivity contribution >= 4 is 56.8 Å². The fourth-order valence-electron chi connectivity index (χ4n) is 2.07. The van der Waals surface area contributed by atoms with Gasteiger partial charge in [0.1, 0.15) is 17.3 Å². The summed E-state index contributed by atoms with van der Waals surface area (Å²) < 4.78 is 27.6. The summed E-state index contributed by atoms with van der Waals surface area (Å²) in [5, 5.41) is 11.7. The van der Waals surface area contributed by atoms with E-state index in [-0.39, 0.29) is 40.3 Å². The summed E-state index contributed by atoms with van der Waals surface area (Å²) in [6.07, 6.45) is 0. The molecular formula is C14H16N6O6S2. The van der Waals surface area contributed by atoms with E-state index in [2.05, 4.69) is 15.3 Å². The molecule has 1 aromatic carbocycles. The van der Waals surface area contributed by atoms with Crippen LogP contribution in [0, 0.1) is 0 Å². The molecule has 0 radical (unpaired) electrons. The van der Waals surface area contributed by atoms with Crippen LogP contribution in [0.2, 0.25) is 0 Å². The molecule has 12 nitrogen and oxygen atoms in total. The third-order valence-corrected chi connectivity index (χ3v) is 4.82. The van der Waals surface area contributed by atoms with Crippen LogP contribution in [0.4, 0.5) is 16.4 Å². The number of carboxylic acids is 1. The van der Waals surface area contributed by atoms with Gasteiger partial charge in [0.25, 0.3) is 11.3 Å². The molecule has 0 aliphatic heterocycles. The summed E-state index contributed by atoms with van der Waals surface area (Å²) >= 11 is -1.72. The van der Waals surface area contributed by atoms with E-state index >= 15 is 0 Å². The summed E-state index contributed by atoms with van der Waals surface area (Å²) in [6, 6.07) is 4.18. The molecule has 1 heterocycles. The number of benzene rings is 1. The number of hydrogen-bond donors (Lipinski definition) is 5. The quantitative estimate of drug-likeness (QED) is 0.224. The molecule has 0 bridgehead atoms. The first kappa shape index (κ1) is 21.1. The molecule has 0 fully saturated rings. The van der Waals surface area contributed by atoms with Crippen LogP contribution >= 0.6 is 11.3 Å². The minimum absolute atomic E-state index is 0.0417. The van der Waals surface area contributed by atoms with E-state index in [4.69, 9.17) is 16.2 Å². The van der Waals surface area contributed by atoms with Crippen LogP contribution in [0.25, 0.3) is 0 Å². The lowest BCUT2D eigenvalue weighted by atomic mass is 10.2. The van der Waals surface area contributed by atoms with Crippen molar-refractivity contribution in [2.75, 3.05) is 23.3 Å². The second kappa shape index (κ2) is 9.12. The number of guanidine groups is 1. The maximum atomic E-state index is 11.9. The Bertz CT molecular complexity index is 942. The number of methoxy groups -OCH3 is 1. The number of ether oxygens (including phenoxy) is 1. The Balaban J connectivity index is 2.38. The molecule has 0 saturated heterocycles. The zero-order valence-electron chi connectivity index (χ0n) is 14.4. The molecule has 150 valence electrons. The van der Waals surface area contributed by atoms with Crippen molar-refractivity contribution in [2.45, 2.75) is 0 Å². The van der Waals surface area contributed by atoms with E-state index in [1.165, 1.54) is 30.8 Å². The third kappa shape index (κ3) is 4.93. The highest BCUT2D eigenvalue weighted by atomic mass is 32.2. The fraction of sp³-hybridized carbons (Fsp3) is 0.143. The first-order valence-electron chi connectivity index (χ1n) is 7.35. The van der Waals surface area contributed by atoms with Crippen LogP contribution in [0.5, 0.6) is 5.75 Å². The number of thiazole rings is 1. The van der Waals surface area contributed by atoms with Gasteiger partial charge in [-0.2, -0.15) is 0 Å². The van der Waals surface area contributed by atoms with Gasteiger partial charge in [-0.25, -0.2) is 23.3 Å². The molecule has 1 atom stereocenters. The number of nitrogens with zero attached hydrogens (tertiary/aromatic N) is 3. The first-order valence-corrected chi connectivity index (χ1v) is 9.30. The van der Waals surface area contributed by atoms with Gasteiger partial charge in [-0.1, -0.05) is 0 Å². The number of nitrogens with two attached hydrogens (primary N) is 2. The highest BCUT2D eigenvalue weighted by Crippen LogP contribution is 2.37. The Hall–Kier alpha value is -3.23. The lowest BCUT2D eigenvalue weighted by Crippen LogP contribution is -2.25. The molecule has 0 saturated carbocycles. The number of hydrogen-bond acceptors (Lipinski definition) is 7. The van der Waals surface area contributed by atoms with Crippen molar-refractivity contribution in [1.29, 1.82) is 0 Å². The maximum absolute atomic E-state index is 11.9. The van der Waals surface area contributed by atoms with Crippen molar-refractivity contribution < 1.29 is 28.2 Å². The highest BCUT2D eigenvalue weighted by Gasteiger charge is 2.25. The van der Waals surface area contributed by atoms with Crippen LogP contribution in [-0.4, -0.2) is 50.3 Å². The van der Waals surface area contributed by atoms with E-state index in [1.807, 2.05) is 0 Å². The van der Waals surface area contributed by atoms with Crippen molar-refractivity contribution in [1.82, 2.24) is 4.98 Å². The lowest BCUT2D eigenvalue weighted by molar-refractivity contribution is -0.114. The van der Waals surface area contributed by atoms with E-state index < -0.39 is 23.1 Å². The van der Waals surface area contributed by atoms with Crippen LogP contribution in [0.1, 0.15) is 10.5 Å². The average Bonchev–Trinajstić information content (AvgIpc) is 3.10. The number of carbonyl (C=O) groups is 2. The van der Waals surface area contributed by atoms with Gasteiger partial charge in [0.15, 0.2) is 11.7 Å². The number of nitrogens with one attached hydrogen (secondary N) is 1. The van der Waals surface area contributed by atoms with E-state index in [0.29, 0.717) is 0 Å². The summed E-state index contributed by atoms with van der Waals surface area (Å²) in [5.41, 5.74) is 11.6. The Labute approximate surface area is 165 Å². The first-order chi connectivity index (χ1) is 13.2. The number of aliphatic imine (C=N–C) groups is 1. The standard InChI is InChI=1S/C14H16N6O6S2/c1-26-9-4-7(2-3-8(9)19-10(21)5-17-14(15)16)20(28(24)25)12-11(13(22)23)18-6-27-12/h2-4,6H,5H2,1H3,(H,19,21)(H,22,23)(H,24,25)(H4,15,16,17).